The number of H-pyrrole nitrogens is 1. The largest absolute Gasteiger partial charge is 0.355 e. The van der Waals surface area contributed by atoms with E-state index in [1.165, 1.54) is 0 Å². The highest BCUT2D eigenvalue weighted by atomic mass is 16.2. The molecule has 2 unspecified atom stereocenters. The van der Waals surface area contributed by atoms with Crippen molar-refractivity contribution in [1.82, 2.24) is 20.8 Å². The first-order chi connectivity index (χ1) is 7.66. The fraction of sp³-hybridized carbons (Fsp3) is 0.500. The van der Waals surface area contributed by atoms with Crippen LogP contribution in [0.3, 0.4) is 0 Å². The quantitative estimate of drug-likeness (QED) is 0.657. The van der Waals surface area contributed by atoms with Crippen molar-refractivity contribution in [1.29, 1.82) is 0 Å². The minimum absolute atomic E-state index is 0.0592. The van der Waals surface area contributed by atoms with Crippen LogP contribution in [0.25, 0.3) is 0 Å². The van der Waals surface area contributed by atoms with Gasteiger partial charge in [-0.3, -0.25) is 14.7 Å². The smallest absolute Gasteiger partial charge is 0.225 e. The van der Waals surface area contributed by atoms with Crippen LogP contribution in [0.1, 0.15) is 24.9 Å². The third-order valence-corrected chi connectivity index (χ3v) is 2.73. The molecule has 1 aromatic rings. The lowest BCUT2D eigenvalue weighted by molar-refractivity contribution is -0.127. The molecule has 2 atom stereocenters. The zero-order valence-corrected chi connectivity index (χ0v) is 8.99. The van der Waals surface area contributed by atoms with Crippen molar-refractivity contribution in [2.45, 2.75) is 19.4 Å². The van der Waals surface area contributed by atoms with E-state index in [-0.39, 0.29) is 30.2 Å². The van der Waals surface area contributed by atoms with Crippen molar-refractivity contribution in [3.05, 3.63) is 18.0 Å². The van der Waals surface area contributed by atoms with Crippen molar-refractivity contribution in [3.8, 4) is 0 Å². The van der Waals surface area contributed by atoms with Crippen molar-refractivity contribution in [3.63, 3.8) is 0 Å². The molecule has 1 fully saturated rings. The van der Waals surface area contributed by atoms with Gasteiger partial charge in [0.15, 0.2) is 0 Å². The number of nitrogens with zero attached hydrogens (tertiary/aromatic N) is 1. The van der Waals surface area contributed by atoms with Crippen LogP contribution in [0, 0.1) is 5.92 Å². The molecule has 0 spiro atoms. The first-order valence-corrected chi connectivity index (χ1v) is 5.22. The van der Waals surface area contributed by atoms with Gasteiger partial charge >= 0.3 is 0 Å². The van der Waals surface area contributed by atoms with Crippen LogP contribution >= 0.6 is 0 Å². The number of carbonyl (C=O) groups excluding carboxylic acids is 2. The van der Waals surface area contributed by atoms with Crippen LogP contribution in [0.2, 0.25) is 0 Å². The molecular weight excluding hydrogens is 208 g/mol. The molecule has 1 aromatic heterocycles. The molecule has 2 rings (SSSR count). The third-order valence-electron chi connectivity index (χ3n) is 2.73. The van der Waals surface area contributed by atoms with E-state index in [9.17, 15) is 9.59 Å². The van der Waals surface area contributed by atoms with E-state index >= 15 is 0 Å². The number of nitrogens with one attached hydrogen (secondary N) is 3. The van der Waals surface area contributed by atoms with Crippen molar-refractivity contribution in [2.75, 3.05) is 6.54 Å². The molecule has 0 aromatic carbocycles. The molecule has 6 heteroatoms. The molecule has 0 bridgehead atoms. The topological polar surface area (TPSA) is 86.9 Å². The first kappa shape index (κ1) is 10.7. The molecule has 0 aliphatic carbocycles. The Hall–Kier alpha value is -1.85. The highest BCUT2D eigenvalue weighted by Gasteiger charge is 2.28. The van der Waals surface area contributed by atoms with Gasteiger partial charge in [0.05, 0.1) is 18.2 Å². The van der Waals surface area contributed by atoms with E-state index in [1.54, 1.807) is 12.4 Å². The van der Waals surface area contributed by atoms with Gasteiger partial charge in [-0.2, -0.15) is 5.10 Å². The average Bonchev–Trinajstić information content (AvgIpc) is 2.87. The maximum Gasteiger partial charge on any atom is 0.225 e. The summed E-state index contributed by atoms with van der Waals surface area (Å²) in [6.45, 7) is 2.32. The van der Waals surface area contributed by atoms with Crippen LogP contribution in [0.5, 0.6) is 0 Å². The SMILES string of the molecule is CC(NC(=O)C1CNC(=O)C1)c1cn[nH]c1. The van der Waals surface area contributed by atoms with E-state index in [4.69, 9.17) is 0 Å². The van der Waals surface area contributed by atoms with E-state index in [1.807, 2.05) is 6.92 Å². The van der Waals surface area contributed by atoms with Gasteiger partial charge in [0.1, 0.15) is 0 Å². The molecule has 1 aliphatic heterocycles. The Kier molecular flexibility index (Phi) is 2.89. The number of aromatic nitrogens is 2. The summed E-state index contributed by atoms with van der Waals surface area (Å²) in [5.74, 6) is -0.398. The van der Waals surface area contributed by atoms with Crippen LogP contribution in [-0.2, 0) is 9.59 Å². The minimum atomic E-state index is -0.248. The van der Waals surface area contributed by atoms with Gasteiger partial charge in [0.2, 0.25) is 11.8 Å². The second-order valence-corrected chi connectivity index (χ2v) is 3.97. The molecule has 3 N–H and O–H groups in total. The second kappa shape index (κ2) is 4.34. The number of hydrogen-bond acceptors (Lipinski definition) is 3. The van der Waals surface area contributed by atoms with Crippen LogP contribution < -0.4 is 10.6 Å². The van der Waals surface area contributed by atoms with Gasteiger partial charge in [-0.05, 0) is 6.92 Å². The fourth-order valence-corrected chi connectivity index (χ4v) is 1.70. The molecule has 0 saturated carbocycles. The molecular formula is C10H14N4O2. The van der Waals surface area contributed by atoms with Crippen molar-refractivity contribution in [2.24, 2.45) is 5.92 Å². The number of hydrogen-bond donors (Lipinski definition) is 3. The Labute approximate surface area is 92.8 Å². The summed E-state index contributed by atoms with van der Waals surface area (Å²) in [6.07, 6.45) is 3.69. The summed E-state index contributed by atoms with van der Waals surface area (Å²) < 4.78 is 0. The lowest BCUT2D eigenvalue weighted by Gasteiger charge is -2.14. The Morgan fingerprint density at radius 2 is 2.50 bits per heavy atom. The van der Waals surface area contributed by atoms with E-state index in [0.717, 1.165) is 5.56 Å². The van der Waals surface area contributed by atoms with Crippen molar-refractivity contribution >= 4 is 11.8 Å². The number of carbonyl (C=O) groups is 2. The molecule has 0 radical (unpaired) electrons. The monoisotopic (exact) mass is 222 g/mol. The summed E-state index contributed by atoms with van der Waals surface area (Å²) >= 11 is 0. The molecule has 1 aliphatic rings. The van der Waals surface area contributed by atoms with Gasteiger partial charge in [0.25, 0.3) is 0 Å². The first-order valence-electron chi connectivity index (χ1n) is 5.22. The standard InChI is InChI=1S/C10H14N4O2/c1-6(8-4-12-13-5-8)14-10(16)7-2-9(15)11-3-7/h4-7H,2-3H2,1H3,(H,11,15)(H,12,13)(H,14,16). The number of amides is 2. The molecule has 2 amide bonds. The average molecular weight is 222 g/mol. The Balaban J connectivity index is 1.90. The second-order valence-electron chi connectivity index (χ2n) is 3.97. The van der Waals surface area contributed by atoms with Crippen molar-refractivity contribution < 1.29 is 9.59 Å². The molecule has 1 saturated heterocycles. The lowest BCUT2D eigenvalue weighted by Crippen LogP contribution is -2.33. The fourth-order valence-electron chi connectivity index (χ4n) is 1.70. The zero-order chi connectivity index (χ0) is 11.5. The van der Waals surface area contributed by atoms with E-state index in [0.29, 0.717) is 6.54 Å². The van der Waals surface area contributed by atoms with Crippen LogP contribution in [-0.4, -0.2) is 28.6 Å². The Morgan fingerprint density at radius 1 is 1.69 bits per heavy atom. The van der Waals surface area contributed by atoms with Gasteiger partial charge in [0, 0.05) is 24.7 Å². The summed E-state index contributed by atoms with van der Waals surface area (Å²) in [4.78, 5) is 22.7. The Morgan fingerprint density at radius 3 is 3.06 bits per heavy atom. The summed E-state index contributed by atoms with van der Waals surface area (Å²) in [7, 11) is 0. The van der Waals surface area contributed by atoms with Gasteiger partial charge in [-0.15, -0.1) is 0 Å². The molecule has 86 valence electrons. The number of rotatable bonds is 3. The molecule has 16 heavy (non-hydrogen) atoms. The van der Waals surface area contributed by atoms with Crippen LogP contribution in [0.4, 0.5) is 0 Å². The third kappa shape index (κ3) is 2.21. The minimum Gasteiger partial charge on any atom is -0.355 e. The maximum absolute atomic E-state index is 11.8. The van der Waals surface area contributed by atoms with E-state index < -0.39 is 0 Å². The highest BCUT2D eigenvalue weighted by Crippen LogP contribution is 2.13. The van der Waals surface area contributed by atoms with E-state index in [2.05, 4.69) is 20.8 Å². The highest BCUT2D eigenvalue weighted by molar-refractivity contribution is 5.89. The Bertz CT molecular complexity index is 388. The van der Waals surface area contributed by atoms with Crippen LogP contribution in [0.15, 0.2) is 12.4 Å². The summed E-state index contributed by atoms with van der Waals surface area (Å²) in [6, 6.07) is -0.0954. The maximum atomic E-state index is 11.8. The summed E-state index contributed by atoms with van der Waals surface area (Å²) in [5, 5.41) is 12.0. The zero-order valence-electron chi connectivity index (χ0n) is 8.99. The lowest BCUT2D eigenvalue weighted by atomic mass is 10.1. The van der Waals surface area contributed by atoms with Gasteiger partial charge in [-0.25, -0.2) is 0 Å². The normalized spacial score (nSPS) is 21.6. The number of aromatic amines is 1. The molecule has 6 nitrogen and oxygen atoms in total. The molecule has 2 heterocycles. The summed E-state index contributed by atoms with van der Waals surface area (Å²) in [5.41, 5.74) is 0.922. The predicted molar refractivity (Wildman–Crippen MR) is 56.3 cm³/mol. The predicted octanol–water partition coefficient (Wildman–Crippen LogP) is -0.277. The van der Waals surface area contributed by atoms with Gasteiger partial charge < -0.3 is 10.6 Å². The van der Waals surface area contributed by atoms with Gasteiger partial charge in [-0.1, -0.05) is 0 Å².